The molecule has 206 valence electrons. The fraction of sp³-hybridized carbons (Fsp3) is 0.462. The lowest BCUT2D eigenvalue weighted by molar-refractivity contribution is -0.274. The van der Waals surface area contributed by atoms with E-state index in [2.05, 4.69) is 20.1 Å². The first-order valence-corrected chi connectivity index (χ1v) is 12.9. The van der Waals surface area contributed by atoms with Gasteiger partial charge in [0.1, 0.15) is 11.3 Å². The lowest BCUT2D eigenvalue weighted by Crippen LogP contribution is -2.34. The zero-order chi connectivity index (χ0) is 27.6. The van der Waals surface area contributed by atoms with Crippen molar-refractivity contribution >= 4 is 23.3 Å². The van der Waals surface area contributed by atoms with Crippen molar-refractivity contribution in [3.63, 3.8) is 0 Å². The van der Waals surface area contributed by atoms with Gasteiger partial charge in [-0.1, -0.05) is 0 Å². The molecule has 6 rings (SSSR count). The minimum atomic E-state index is -5.00. The molecule has 1 unspecified atom stereocenters. The average molecular weight is 545 g/mol. The number of carbonyl (C=O) groups excluding carboxylic acids is 2. The van der Waals surface area contributed by atoms with E-state index in [-0.39, 0.29) is 52.5 Å². The van der Waals surface area contributed by atoms with E-state index in [0.29, 0.717) is 30.7 Å². The molecule has 13 heteroatoms. The summed E-state index contributed by atoms with van der Waals surface area (Å²) < 4.78 is 45.7. The topological polar surface area (TPSA) is 135 Å². The number of nitrogens with two attached hydrogens (primary N) is 1. The number of nitrogen functional groups attached to an aromatic ring is 1. The normalized spacial score (nSPS) is 21.9. The molecule has 0 spiro atoms. The summed E-state index contributed by atoms with van der Waals surface area (Å²) in [4.78, 5) is 32.3. The van der Waals surface area contributed by atoms with E-state index in [4.69, 9.17) is 5.73 Å². The van der Waals surface area contributed by atoms with E-state index < -0.39 is 30.0 Å². The number of amides is 2. The molecule has 4 N–H and O–H groups in total. The van der Waals surface area contributed by atoms with Gasteiger partial charge in [-0.25, -0.2) is 9.50 Å². The Morgan fingerprint density at radius 1 is 1.26 bits per heavy atom. The SMILES string of the molecule is CC(C1CC1)N1Cc2cc(-c3ccn4nc(N)c(C(=O)N[C@@H]5CC[C@@H](O)C5)c4n3)cc(OC(F)(F)F)c2C1=O. The Bertz CT molecular complexity index is 1480. The Morgan fingerprint density at radius 2 is 2.03 bits per heavy atom. The third-order valence-corrected chi connectivity index (χ3v) is 7.80. The number of aliphatic hydroxyl groups excluding tert-OH is 1. The molecule has 0 radical (unpaired) electrons. The van der Waals surface area contributed by atoms with Crippen molar-refractivity contribution in [2.24, 2.45) is 5.92 Å². The van der Waals surface area contributed by atoms with Crippen molar-refractivity contribution < 1.29 is 32.6 Å². The Kier molecular flexibility index (Phi) is 5.93. The van der Waals surface area contributed by atoms with Crippen LogP contribution in [-0.2, 0) is 6.54 Å². The number of hydrogen-bond donors (Lipinski definition) is 3. The van der Waals surface area contributed by atoms with E-state index in [0.717, 1.165) is 18.9 Å². The Labute approximate surface area is 220 Å². The van der Waals surface area contributed by atoms with Crippen LogP contribution in [0.25, 0.3) is 16.9 Å². The van der Waals surface area contributed by atoms with E-state index in [9.17, 15) is 27.9 Å². The van der Waals surface area contributed by atoms with Crippen molar-refractivity contribution in [3.8, 4) is 17.0 Å². The van der Waals surface area contributed by atoms with Crippen LogP contribution in [0.1, 0.15) is 65.3 Å². The molecule has 2 aliphatic carbocycles. The van der Waals surface area contributed by atoms with E-state index in [1.54, 1.807) is 11.0 Å². The Balaban J connectivity index is 1.39. The van der Waals surface area contributed by atoms with Crippen LogP contribution < -0.4 is 15.8 Å². The van der Waals surface area contributed by atoms with Crippen LogP contribution in [0.4, 0.5) is 19.0 Å². The van der Waals surface area contributed by atoms with Crippen LogP contribution in [0.3, 0.4) is 0 Å². The first kappa shape index (κ1) is 25.4. The van der Waals surface area contributed by atoms with Gasteiger partial charge < -0.3 is 25.8 Å². The predicted molar refractivity (Wildman–Crippen MR) is 133 cm³/mol. The summed E-state index contributed by atoms with van der Waals surface area (Å²) in [6, 6.07) is 4.00. The third kappa shape index (κ3) is 4.75. The summed E-state index contributed by atoms with van der Waals surface area (Å²) >= 11 is 0. The van der Waals surface area contributed by atoms with E-state index in [1.165, 1.54) is 16.8 Å². The minimum Gasteiger partial charge on any atom is -0.405 e. The fourth-order valence-electron chi connectivity index (χ4n) is 5.63. The Hall–Kier alpha value is -3.87. The standard InChI is InChI=1S/C26H27F3N6O4/c1-12(13-2-3-13)34-11-15-8-14(9-19(20(15)25(34)38)39-26(27,28)29)18-6-7-35-23(32-18)21(22(30)33-35)24(37)31-16-4-5-17(36)10-16/h6-9,12-13,16-17,36H,2-5,10-11H2,1H3,(H2,30,33)(H,31,37)/t12?,16-,17-/m1/s1. The number of aromatic nitrogens is 3. The highest BCUT2D eigenvalue weighted by Gasteiger charge is 2.42. The highest BCUT2D eigenvalue weighted by Crippen LogP contribution is 2.42. The van der Waals surface area contributed by atoms with Crippen molar-refractivity contribution in [2.75, 3.05) is 5.73 Å². The molecule has 2 saturated carbocycles. The molecule has 2 fully saturated rings. The molecule has 1 aromatic carbocycles. The van der Waals surface area contributed by atoms with Gasteiger partial charge in [-0.05, 0) is 68.7 Å². The van der Waals surface area contributed by atoms with Gasteiger partial charge in [-0.3, -0.25) is 9.59 Å². The lowest BCUT2D eigenvalue weighted by Gasteiger charge is -2.24. The number of anilines is 1. The van der Waals surface area contributed by atoms with Crippen LogP contribution in [0.2, 0.25) is 0 Å². The number of ether oxygens (including phenoxy) is 1. The zero-order valence-corrected chi connectivity index (χ0v) is 21.0. The smallest absolute Gasteiger partial charge is 0.405 e. The zero-order valence-electron chi connectivity index (χ0n) is 21.0. The van der Waals surface area contributed by atoms with Crippen LogP contribution in [0, 0.1) is 5.92 Å². The molecule has 1 aliphatic heterocycles. The van der Waals surface area contributed by atoms with Gasteiger partial charge in [0.25, 0.3) is 11.8 Å². The number of nitrogens with zero attached hydrogens (tertiary/aromatic N) is 4. The molecular weight excluding hydrogens is 517 g/mol. The number of carbonyl (C=O) groups is 2. The van der Waals surface area contributed by atoms with Crippen LogP contribution in [-0.4, -0.2) is 61.0 Å². The Morgan fingerprint density at radius 3 is 2.69 bits per heavy atom. The maximum Gasteiger partial charge on any atom is 0.573 e. The van der Waals surface area contributed by atoms with Crippen molar-refractivity contribution in [2.45, 2.75) is 70.1 Å². The molecule has 3 aliphatic rings. The second-order valence-corrected chi connectivity index (χ2v) is 10.5. The van der Waals surface area contributed by atoms with Crippen molar-refractivity contribution in [1.82, 2.24) is 24.8 Å². The van der Waals surface area contributed by atoms with Gasteiger partial charge in [0.15, 0.2) is 11.5 Å². The minimum absolute atomic E-state index is 0.0331. The van der Waals surface area contributed by atoms with Gasteiger partial charge in [0.05, 0.1) is 17.4 Å². The number of hydrogen-bond acceptors (Lipinski definition) is 7. The van der Waals surface area contributed by atoms with Gasteiger partial charge in [-0.2, -0.15) is 0 Å². The quantitative estimate of drug-likeness (QED) is 0.434. The van der Waals surface area contributed by atoms with Crippen molar-refractivity contribution in [1.29, 1.82) is 0 Å². The summed E-state index contributed by atoms with van der Waals surface area (Å²) in [5, 5.41) is 16.8. The molecule has 0 bridgehead atoms. The van der Waals surface area contributed by atoms with Crippen LogP contribution >= 0.6 is 0 Å². The fourth-order valence-corrected chi connectivity index (χ4v) is 5.63. The predicted octanol–water partition coefficient (Wildman–Crippen LogP) is 3.27. The summed E-state index contributed by atoms with van der Waals surface area (Å²) in [6.45, 7) is 2.07. The maximum atomic E-state index is 13.4. The lowest BCUT2D eigenvalue weighted by atomic mass is 10.0. The van der Waals surface area contributed by atoms with E-state index >= 15 is 0 Å². The number of benzene rings is 1. The molecule has 10 nitrogen and oxygen atoms in total. The summed E-state index contributed by atoms with van der Waals surface area (Å²) in [6.07, 6.45) is -0.386. The van der Waals surface area contributed by atoms with Crippen LogP contribution in [0.15, 0.2) is 24.4 Å². The number of nitrogens with one attached hydrogen (secondary N) is 1. The highest BCUT2D eigenvalue weighted by atomic mass is 19.4. The average Bonchev–Trinajstić information content (AvgIpc) is 3.43. The molecule has 2 aromatic heterocycles. The van der Waals surface area contributed by atoms with Gasteiger partial charge >= 0.3 is 6.36 Å². The summed E-state index contributed by atoms with van der Waals surface area (Å²) in [5.41, 5.74) is 7.04. The highest BCUT2D eigenvalue weighted by molar-refractivity contribution is 6.05. The summed E-state index contributed by atoms with van der Waals surface area (Å²) in [5.74, 6) is -1.29. The molecule has 3 atom stereocenters. The monoisotopic (exact) mass is 544 g/mol. The molecule has 0 saturated heterocycles. The number of fused-ring (bicyclic) bond motifs is 2. The maximum absolute atomic E-state index is 13.4. The third-order valence-electron chi connectivity index (χ3n) is 7.80. The first-order chi connectivity index (χ1) is 18.5. The number of halogens is 3. The van der Waals surface area contributed by atoms with Crippen LogP contribution in [0.5, 0.6) is 5.75 Å². The second kappa shape index (κ2) is 9.11. The molecule has 3 heterocycles. The molecular formula is C26H27F3N6O4. The number of alkyl halides is 3. The van der Waals surface area contributed by atoms with Crippen molar-refractivity contribution in [3.05, 3.63) is 41.1 Å². The second-order valence-electron chi connectivity index (χ2n) is 10.5. The van der Waals surface area contributed by atoms with Gasteiger partial charge in [0.2, 0.25) is 0 Å². The van der Waals surface area contributed by atoms with E-state index in [1.807, 2.05) is 6.92 Å². The molecule has 2 amide bonds. The van der Waals surface area contributed by atoms with Gasteiger partial charge in [-0.15, -0.1) is 18.3 Å². The molecule has 3 aromatic rings. The summed E-state index contributed by atoms with van der Waals surface area (Å²) in [7, 11) is 0. The first-order valence-electron chi connectivity index (χ1n) is 12.9. The number of aliphatic hydroxyl groups is 1. The van der Waals surface area contributed by atoms with Gasteiger partial charge in [0, 0.05) is 30.4 Å². The number of rotatable bonds is 6. The molecule has 39 heavy (non-hydrogen) atoms. The largest absolute Gasteiger partial charge is 0.573 e.